The molecule has 13 nitrogen and oxygen atoms in total. The van der Waals surface area contributed by atoms with Crippen LogP contribution >= 0.6 is 0 Å². The highest BCUT2D eigenvalue weighted by Crippen LogP contribution is 2.16. The summed E-state index contributed by atoms with van der Waals surface area (Å²) in [5, 5.41) is 31.1. The van der Waals surface area contributed by atoms with Crippen LogP contribution in [0.1, 0.15) is 0 Å². The van der Waals surface area contributed by atoms with Crippen molar-refractivity contribution in [2.45, 2.75) is 15.9 Å². The first-order valence-corrected chi connectivity index (χ1v) is 11.1. The molecule has 0 bridgehead atoms. The van der Waals surface area contributed by atoms with Crippen LogP contribution < -0.4 is 9.44 Å². The van der Waals surface area contributed by atoms with Crippen LogP contribution in [0.25, 0.3) is 0 Å². The van der Waals surface area contributed by atoms with Crippen molar-refractivity contribution in [1.82, 2.24) is 9.44 Å². The lowest BCUT2D eigenvalue weighted by Crippen LogP contribution is -2.39. The molecule has 0 saturated heterocycles. The van der Waals surface area contributed by atoms with Gasteiger partial charge in [-0.05, 0) is 24.3 Å². The van der Waals surface area contributed by atoms with Crippen molar-refractivity contribution in [3.8, 4) is 0 Å². The number of benzene rings is 2. The van der Waals surface area contributed by atoms with Crippen LogP contribution in [0.2, 0.25) is 0 Å². The van der Waals surface area contributed by atoms with Crippen molar-refractivity contribution >= 4 is 31.4 Å². The Balaban J connectivity index is 1.94. The van der Waals surface area contributed by atoms with E-state index in [1.54, 1.807) is 0 Å². The third-order valence-corrected chi connectivity index (χ3v) is 6.61. The van der Waals surface area contributed by atoms with E-state index in [2.05, 4.69) is 9.44 Å². The molecule has 30 heavy (non-hydrogen) atoms. The van der Waals surface area contributed by atoms with Crippen LogP contribution in [0.3, 0.4) is 0 Å². The topological polar surface area (TPSA) is 199 Å². The second kappa shape index (κ2) is 9.23. The molecule has 0 aliphatic carbocycles. The summed E-state index contributed by atoms with van der Waals surface area (Å²) in [6.07, 6.45) is -1.44. The van der Waals surface area contributed by atoms with Gasteiger partial charge in [0.25, 0.3) is 11.4 Å². The average molecular weight is 460 g/mol. The van der Waals surface area contributed by atoms with Gasteiger partial charge in [-0.25, -0.2) is 26.3 Å². The predicted molar refractivity (Wildman–Crippen MR) is 103 cm³/mol. The largest absolute Gasteiger partial charge is 0.390 e. The van der Waals surface area contributed by atoms with Gasteiger partial charge in [-0.1, -0.05) is 0 Å². The molecule has 0 fully saturated rings. The number of nitro benzene ring substituents is 2. The summed E-state index contributed by atoms with van der Waals surface area (Å²) in [4.78, 5) is 19.3. The molecule has 15 heteroatoms. The maximum atomic E-state index is 12.1. The average Bonchev–Trinajstić information content (AvgIpc) is 2.71. The Labute approximate surface area is 170 Å². The van der Waals surface area contributed by atoms with Crippen molar-refractivity contribution in [3.05, 3.63) is 68.8 Å². The van der Waals surface area contributed by atoms with E-state index in [0.29, 0.717) is 0 Å². The number of sulfonamides is 2. The normalized spacial score (nSPS) is 12.1. The fourth-order valence-electron chi connectivity index (χ4n) is 2.14. The van der Waals surface area contributed by atoms with Crippen LogP contribution in [0.5, 0.6) is 0 Å². The summed E-state index contributed by atoms with van der Waals surface area (Å²) in [5.41, 5.74) is -0.593. The van der Waals surface area contributed by atoms with Gasteiger partial charge in [-0.3, -0.25) is 20.2 Å². The molecule has 162 valence electrons. The van der Waals surface area contributed by atoms with Gasteiger partial charge >= 0.3 is 0 Å². The zero-order chi connectivity index (χ0) is 22.5. The highest BCUT2D eigenvalue weighted by atomic mass is 32.2. The van der Waals surface area contributed by atoms with E-state index < -0.39 is 49.1 Å². The monoisotopic (exact) mass is 460 g/mol. The van der Waals surface area contributed by atoms with Crippen LogP contribution in [0.4, 0.5) is 11.4 Å². The summed E-state index contributed by atoms with van der Waals surface area (Å²) in [7, 11) is -8.18. The van der Waals surface area contributed by atoms with Crippen LogP contribution in [0, 0.1) is 20.2 Å². The van der Waals surface area contributed by atoms with Crippen molar-refractivity contribution < 1.29 is 31.8 Å². The number of hydrogen-bond donors (Lipinski definition) is 3. The minimum absolute atomic E-state index is 0.272. The van der Waals surface area contributed by atoms with Gasteiger partial charge in [0.15, 0.2) is 0 Å². The van der Waals surface area contributed by atoms with Gasteiger partial charge in [0.1, 0.15) is 0 Å². The lowest BCUT2D eigenvalue weighted by molar-refractivity contribution is -0.385. The number of aliphatic hydroxyl groups excluding tert-OH is 1. The molecular formula is C15H16N4O9S2. The Hall–Kier alpha value is -2.98. The highest BCUT2D eigenvalue weighted by Gasteiger charge is 2.20. The molecule has 0 aromatic heterocycles. The summed E-state index contributed by atoms with van der Waals surface area (Å²) in [6.45, 7) is -1.08. The van der Waals surface area contributed by atoms with Gasteiger partial charge < -0.3 is 5.11 Å². The third kappa shape index (κ3) is 6.01. The van der Waals surface area contributed by atoms with E-state index in [1.807, 2.05) is 0 Å². The van der Waals surface area contributed by atoms with Gasteiger partial charge in [0, 0.05) is 37.4 Å². The molecule has 0 heterocycles. The maximum absolute atomic E-state index is 12.1. The SMILES string of the molecule is O=[N+]([O-])c1ccc(S(=O)(=O)NCC(O)CNS(=O)(=O)c2ccc([N+](=O)[O-])cc2)cc1. The van der Waals surface area contributed by atoms with Crippen molar-refractivity contribution in [1.29, 1.82) is 0 Å². The Morgan fingerprint density at radius 1 is 0.733 bits per heavy atom. The number of nitrogens with zero attached hydrogens (tertiary/aromatic N) is 2. The van der Waals surface area contributed by atoms with Crippen molar-refractivity contribution in [3.63, 3.8) is 0 Å². The fraction of sp³-hybridized carbons (Fsp3) is 0.200. The number of nitro groups is 2. The molecule has 2 aromatic rings. The van der Waals surface area contributed by atoms with E-state index in [0.717, 1.165) is 48.5 Å². The second-order valence-corrected chi connectivity index (χ2v) is 9.39. The fourth-order valence-corrected chi connectivity index (χ4v) is 4.29. The molecule has 0 aliphatic rings. The highest BCUT2D eigenvalue weighted by molar-refractivity contribution is 7.89. The van der Waals surface area contributed by atoms with E-state index in [4.69, 9.17) is 0 Å². The molecule has 0 aliphatic heterocycles. The molecular weight excluding hydrogens is 444 g/mol. The first-order chi connectivity index (χ1) is 13.9. The summed E-state index contributed by atoms with van der Waals surface area (Å²) >= 11 is 0. The number of nitrogens with one attached hydrogen (secondary N) is 2. The lowest BCUT2D eigenvalue weighted by Gasteiger charge is -2.13. The Morgan fingerprint density at radius 2 is 1.03 bits per heavy atom. The zero-order valence-corrected chi connectivity index (χ0v) is 16.7. The van der Waals surface area contributed by atoms with Gasteiger partial charge in [0.2, 0.25) is 20.0 Å². The molecule has 0 unspecified atom stereocenters. The van der Waals surface area contributed by atoms with E-state index in [9.17, 15) is 42.2 Å². The first kappa shape index (κ1) is 23.3. The number of non-ortho nitro benzene ring substituents is 2. The summed E-state index contributed by atoms with van der Waals surface area (Å²) < 4.78 is 52.7. The van der Waals surface area contributed by atoms with E-state index >= 15 is 0 Å². The summed E-state index contributed by atoms with van der Waals surface area (Å²) in [5.74, 6) is 0. The molecule has 2 rings (SSSR count). The van der Waals surface area contributed by atoms with Gasteiger partial charge in [0.05, 0.1) is 25.7 Å². The van der Waals surface area contributed by atoms with Gasteiger partial charge in [-0.2, -0.15) is 0 Å². The molecule has 3 N–H and O–H groups in total. The number of rotatable bonds is 10. The van der Waals surface area contributed by atoms with Crippen molar-refractivity contribution in [2.24, 2.45) is 0 Å². The zero-order valence-electron chi connectivity index (χ0n) is 15.0. The van der Waals surface area contributed by atoms with Crippen LogP contribution in [0.15, 0.2) is 58.3 Å². The second-order valence-electron chi connectivity index (χ2n) is 5.86. The molecule has 0 radical (unpaired) electrons. The van der Waals surface area contributed by atoms with Crippen LogP contribution in [-0.4, -0.2) is 51.0 Å². The molecule has 0 atom stereocenters. The number of aliphatic hydroxyl groups is 1. The van der Waals surface area contributed by atoms with Crippen LogP contribution in [-0.2, 0) is 20.0 Å². The predicted octanol–water partition coefficient (Wildman–Crippen LogP) is 0.121. The Bertz CT molecular complexity index is 1040. The van der Waals surface area contributed by atoms with Gasteiger partial charge in [-0.15, -0.1) is 0 Å². The smallest absolute Gasteiger partial charge is 0.269 e. The maximum Gasteiger partial charge on any atom is 0.269 e. The Kier molecular flexibility index (Phi) is 7.16. The number of hydrogen-bond acceptors (Lipinski definition) is 9. The minimum atomic E-state index is -4.09. The molecule has 2 aromatic carbocycles. The van der Waals surface area contributed by atoms with E-state index in [-0.39, 0.29) is 21.2 Å². The molecule has 0 amide bonds. The Morgan fingerprint density at radius 3 is 1.30 bits per heavy atom. The molecule has 0 spiro atoms. The molecule has 0 saturated carbocycles. The summed E-state index contributed by atoms with van der Waals surface area (Å²) in [6, 6.07) is 8.09. The van der Waals surface area contributed by atoms with E-state index in [1.165, 1.54) is 0 Å². The lowest BCUT2D eigenvalue weighted by atomic mass is 10.3. The standard InChI is InChI=1S/C15H16N4O9S2/c20-13(9-16-29(25,26)14-5-1-11(2-6-14)18(21)22)10-17-30(27,28)15-7-3-12(4-8-15)19(23)24/h1-8,13,16-17,20H,9-10H2. The van der Waals surface area contributed by atoms with Crippen molar-refractivity contribution in [2.75, 3.05) is 13.1 Å². The first-order valence-electron chi connectivity index (χ1n) is 8.09. The third-order valence-electron chi connectivity index (χ3n) is 3.73. The quantitative estimate of drug-likeness (QED) is 0.325. The minimum Gasteiger partial charge on any atom is -0.390 e.